The minimum Gasteiger partial charge on any atom is -0.491 e. The summed E-state index contributed by atoms with van der Waals surface area (Å²) in [5.41, 5.74) is 7.51. The third-order valence-corrected chi connectivity index (χ3v) is 2.49. The van der Waals surface area contributed by atoms with E-state index in [1.807, 2.05) is 39.0 Å². The lowest BCUT2D eigenvalue weighted by Gasteiger charge is -2.11. The molecule has 94 valence electrons. The van der Waals surface area contributed by atoms with E-state index in [9.17, 15) is 0 Å². The van der Waals surface area contributed by atoms with Gasteiger partial charge in [-0.3, -0.25) is 0 Å². The van der Waals surface area contributed by atoms with Crippen LogP contribution in [-0.4, -0.2) is 24.3 Å². The molecule has 1 rings (SSSR count). The Morgan fingerprint density at radius 2 is 2.06 bits per heavy atom. The van der Waals surface area contributed by atoms with Gasteiger partial charge >= 0.3 is 0 Å². The summed E-state index contributed by atoms with van der Waals surface area (Å²) in [5, 5.41) is 0. The maximum atomic E-state index is 5.59. The second-order valence-electron chi connectivity index (χ2n) is 4.11. The molecule has 0 heterocycles. The fourth-order valence-electron chi connectivity index (χ4n) is 1.45. The Kier molecular flexibility index (Phi) is 5.38. The maximum absolute atomic E-state index is 5.59. The van der Waals surface area contributed by atoms with Crippen LogP contribution in [0.2, 0.25) is 0 Å². The first-order chi connectivity index (χ1) is 8.00. The van der Waals surface area contributed by atoms with Crippen LogP contribution in [-0.2, 0) is 4.74 Å². The van der Waals surface area contributed by atoms with Gasteiger partial charge in [0.2, 0.25) is 0 Å². The Bertz CT molecular complexity index is 391. The first kappa shape index (κ1) is 13.9. The van der Waals surface area contributed by atoms with Crippen LogP contribution >= 0.6 is 12.2 Å². The van der Waals surface area contributed by atoms with Crippen molar-refractivity contribution >= 4 is 17.2 Å². The Labute approximate surface area is 108 Å². The number of hydrogen-bond donors (Lipinski definition) is 1. The largest absolute Gasteiger partial charge is 0.491 e. The number of aryl methyl sites for hydroxylation is 1. The Morgan fingerprint density at radius 1 is 1.35 bits per heavy atom. The highest BCUT2D eigenvalue weighted by molar-refractivity contribution is 7.80. The summed E-state index contributed by atoms with van der Waals surface area (Å²) < 4.78 is 11.0. The van der Waals surface area contributed by atoms with Crippen LogP contribution in [0.15, 0.2) is 18.2 Å². The Balaban J connectivity index is 2.50. The maximum Gasteiger partial charge on any atom is 0.119 e. The van der Waals surface area contributed by atoms with Crippen molar-refractivity contribution in [2.75, 3.05) is 13.2 Å². The molecule has 0 unspecified atom stereocenters. The van der Waals surface area contributed by atoms with Crippen molar-refractivity contribution in [1.29, 1.82) is 0 Å². The highest BCUT2D eigenvalue weighted by atomic mass is 32.1. The van der Waals surface area contributed by atoms with Crippen molar-refractivity contribution in [3.05, 3.63) is 29.3 Å². The van der Waals surface area contributed by atoms with E-state index in [1.54, 1.807) is 0 Å². The first-order valence-corrected chi connectivity index (χ1v) is 6.06. The van der Waals surface area contributed by atoms with E-state index in [4.69, 9.17) is 27.4 Å². The summed E-state index contributed by atoms with van der Waals surface area (Å²) in [6.45, 7) is 7.10. The quantitative estimate of drug-likeness (QED) is 0.624. The molecule has 0 aliphatic rings. The molecule has 0 atom stereocenters. The average Bonchev–Trinajstić information content (AvgIpc) is 2.23. The number of hydrogen-bond acceptors (Lipinski definition) is 3. The van der Waals surface area contributed by atoms with E-state index < -0.39 is 0 Å². The number of nitrogens with two attached hydrogens (primary N) is 1. The van der Waals surface area contributed by atoms with Gasteiger partial charge in [0.05, 0.1) is 12.7 Å². The third kappa shape index (κ3) is 4.71. The summed E-state index contributed by atoms with van der Waals surface area (Å²) in [6, 6.07) is 5.69. The van der Waals surface area contributed by atoms with Gasteiger partial charge in [-0.05, 0) is 44.5 Å². The van der Waals surface area contributed by atoms with Crippen molar-refractivity contribution in [2.45, 2.75) is 26.9 Å². The zero-order valence-corrected chi connectivity index (χ0v) is 11.3. The lowest BCUT2D eigenvalue weighted by Crippen LogP contribution is -2.13. The molecule has 0 aliphatic heterocycles. The Hall–Kier alpha value is -1.13. The second-order valence-corrected chi connectivity index (χ2v) is 4.55. The zero-order valence-electron chi connectivity index (χ0n) is 10.5. The lowest BCUT2D eigenvalue weighted by molar-refractivity contribution is 0.0552. The van der Waals surface area contributed by atoms with Crippen LogP contribution < -0.4 is 10.5 Å². The second kappa shape index (κ2) is 6.57. The molecule has 17 heavy (non-hydrogen) atoms. The van der Waals surface area contributed by atoms with E-state index in [0.29, 0.717) is 18.2 Å². The predicted octanol–water partition coefficient (Wildman–Crippen LogP) is 2.43. The van der Waals surface area contributed by atoms with Crippen LogP contribution in [0, 0.1) is 6.92 Å². The predicted molar refractivity (Wildman–Crippen MR) is 73.6 cm³/mol. The van der Waals surface area contributed by atoms with Crippen LogP contribution in [0.4, 0.5) is 0 Å². The smallest absolute Gasteiger partial charge is 0.119 e. The normalized spacial score (nSPS) is 10.6. The van der Waals surface area contributed by atoms with Gasteiger partial charge in [-0.15, -0.1) is 0 Å². The van der Waals surface area contributed by atoms with Gasteiger partial charge in [0, 0.05) is 5.56 Å². The highest BCUT2D eigenvalue weighted by Gasteiger charge is 2.03. The molecule has 0 saturated heterocycles. The average molecular weight is 253 g/mol. The summed E-state index contributed by atoms with van der Waals surface area (Å²) in [6.07, 6.45) is 0.234. The van der Waals surface area contributed by atoms with Crippen molar-refractivity contribution in [1.82, 2.24) is 0 Å². The lowest BCUT2D eigenvalue weighted by atomic mass is 10.1. The van der Waals surface area contributed by atoms with Gasteiger partial charge in [-0.25, -0.2) is 0 Å². The number of benzene rings is 1. The molecular formula is C13H19NO2S. The fraction of sp³-hybridized carbons (Fsp3) is 0.462. The molecule has 0 bridgehead atoms. The molecule has 3 nitrogen and oxygen atoms in total. The van der Waals surface area contributed by atoms with Gasteiger partial charge in [-0.1, -0.05) is 12.2 Å². The molecule has 0 amide bonds. The molecule has 0 aliphatic carbocycles. The van der Waals surface area contributed by atoms with E-state index in [-0.39, 0.29) is 6.10 Å². The standard InChI is InChI=1S/C13H19NO2S/c1-9(2)15-6-7-16-11-4-5-12(13(14)17)10(3)8-11/h4-5,8-9H,6-7H2,1-3H3,(H2,14,17). The van der Waals surface area contributed by atoms with Gasteiger partial charge < -0.3 is 15.2 Å². The zero-order chi connectivity index (χ0) is 12.8. The number of thiocarbonyl (C=S) groups is 1. The van der Waals surface area contributed by atoms with Gasteiger partial charge in [-0.2, -0.15) is 0 Å². The monoisotopic (exact) mass is 253 g/mol. The molecule has 0 spiro atoms. The molecular weight excluding hydrogens is 234 g/mol. The molecule has 1 aromatic carbocycles. The minimum absolute atomic E-state index is 0.234. The molecule has 2 N–H and O–H groups in total. The minimum atomic E-state index is 0.234. The van der Waals surface area contributed by atoms with Gasteiger partial charge in [0.1, 0.15) is 17.3 Å². The topological polar surface area (TPSA) is 44.5 Å². The summed E-state index contributed by atoms with van der Waals surface area (Å²) in [4.78, 5) is 0.414. The summed E-state index contributed by atoms with van der Waals surface area (Å²) >= 11 is 4.94. The first-order valence-electron chi connectivity index (χ1n) is 5.65. The number of ether oxygens (including phenoxy) is 2. The van der Waals surface area contributed by atoms with Crippen molar-refractivity contribution in [2.24, 2.45) is 5.73 Å². The van der Waals surface area contributed by atoms with Crippen LogP contribution in [0.3, 0.4) is 0 Å². The van der Waals surface area contributed by atoms with E-state index in [0.717, 1.165) is 16.9 Å². The fourth-order valence-corrected chi connectivity index (χ4v) is 1.67. The van der Waals surface area contributed by atoms with Crippen LogP contribution in [0.25, 0.3) is 0 Å². The molecule has 0 aromatic heterocycles. The van der Waals surface area contributed by atoms with Crippen molar-refractivity contribution in [3.8, 4) is 5.75 Å². The van der Waals surface area contributed by atoms with Crippen molar-refractivity contribution < 1.29 is 9.47 Å². The SMILES string of the molecule is Cc1cc(OCCOC(C)C)ccc1C(N)=S. The molecule has 4 heteroatoms. The Morgan fingerprint density at radius 3 is 2.59 bits per heavy atom. The van der Waals surface area contributed by atoms with E-state index >= 15 is 0 Å². The molecule has 0 fully saturated rings. The third-order valence-electron chi connectivity index (χ3n) is 2.27. The summed E-state index contributed by atoms with van der Waals surface area (Å²) in [5.74, 6) is 0.815. The van der Waals surface area contributed by atoms with Gasteiger partial charge in [0.15, 0.2) is 0 Å². The van der Waals surface area contributed by atoms with E-state index in [2.05, 4.69) is 0 Å². The van der Waals surface area contributed by atoms with Crippen molar-refractivity contribution in [3.63, 3.8) is 0 Å². The molecule has 1 aromatic rings. The molecule has 0 saturated carbocycles. The highest BCUT2D eigenvalue weighted by Crippen LogP contribution is 2.17. The summed E-state index contributed by atoms with van der Waals surface area (Å²) in [7, 11) is 0. The number of rotatable bonds is 6. The van der Waals surface area contributed by atoms with E-state index in [1.165, 1.54) is 0 Å². The van der Waals surface area contributed by atoms with Crippen LogP contribution in [0.5, 0.6) is 5.75 Å². The molecule has 0 radical (unpaired) electrons. The van der Waals surface area contributed by atoms with Crippen LogP contribution in [0.1, 0.15) is 25.0 Å². The van der Waals surface area contributed by atoms with Gasteiger partial charge in [0.25, 0.3) is 0 Å².